The first kappa shape index (κ1) is 32.8. The number of rotatable bonds is 11. The van der Waals surface area contributed by atoms with Crippen LogP contribution >= 0.6 is 0 Å². The van der Waals surface area contributed by atoms with Gasteiger partial charge in [0.05, 0.1) is 11.7 Å². The van der Waals surface area contributed by atoms with E-state index >= 15 is 0 Å². The van der Waals surface area contributed by atoms with E-state index in [1.165, 1.54) is 0 Å². The number of carbonyl (C=O) groups is 4. The molecule has 0 saturated heterocycles. The zero-order chi connectivity index (χ0) is 31.4. The number of aromatic nitrogens is 3. The van der Waals surface area contributed by atoms with Crippen molar-refractivity contribution >= 4 is 40.5 Å². The molecule has 1 aliphatic rings. The minimum absolute atomic E-state index is 0.152. The highest BCUT2D eigenvalue weighted by molar-refractivity contribution is 5.98. The van der Waals surface area contributed by atoms with E-state index in [1.807, 2.05) is 28.9 Å². The fourth-order valence-electron chi connectivity index (χ4n) is 4.47. The monoisotopic (exact) mass is 606 g/mol. The molecule has 232 valence electrons. The smallest absolute Gasteiger partial charge is 0.480 e. The lowest BCUT2D eigenvalue weighted by atomic mass is 9.88. The number of benzene rings is 1. The molecule has 4 rings (SSSR count). The number of alkyl halides is 3. The second kappa shape index (κ2) is 15.5. The lowest BCUT2D eigenvalue weighted by Gasteiger charge is -2.23. The van der Waals surface area contributed by atoms with Crippen molar-refractivity contribution in [3.05, 3.63) is 54.4 Å². The SMILES string of the molecule is O=C(NCC(NC(=O)C1CCCCC1)C(=O)O)c1ccc2c(cnn2CCCNc2ccccn2)c1.O=C(O)C(F)(F)F. The van der Waals surface area contributed by atoms with Crippen LogP contribution in [-0.4, -0.2) is 74.0 Å². The Morgan fingerprint density at radius 2 is 1.77 bits per heavy atom. The van der Waals surface area contributed by atoms with Crippen LogP contribution in [0.15, 0.2) is 48.8 Å². The lowest BCUT2D eigenvalue weighted by molar-refractivity contribution is -0.192. The zero-order valence-electron chi connectivity index (χ0n) is 23.1. The first-order chi connectivity index (χ1) is 20.5. The molecule has 1 saturated carbocycles. The van der Waals surface area contributed by atoms with Crippen LogP contribution in [0.3, 0.4) is 0 Å². The van der Waals surface area contributed by atoms with Crippen molar-refractivity contribution < 1.29 is 42.6 Å². The molecule has 1 aliphatic carbocycles. The molecule has 1 atom stereocenters. The van der Waals surface area contributed by atoms with Crippen LogP contribution in [0.25, 0.3) is 10.9 Å². The molecule has 12 nitrogen and oxygen atoms in total. The summed E-state index contributed by atoms with van der Waals surface area (Å²) < 4.78 is 33.6. The van der Waals surface area contributed by atoms with E-state index in [2.05, 4.69) is 26.0 Å². The Labute approximate surface area is 244 Å². The second-order valence-electron chi connectivity index (χ2n) is 9.88. The maximum atomic E-state index is 12.7. The van der Waals surface area contributed by atoms with E-state index in [9.17, 15) is 32.7 Å². The number of hydrogen-bond acceptors (Lipinski definition) is 7. The predicted octanol–water partition coefficient (Wildman–Crippen LogP) is 3.45. The summed E-state index contributed by atoms with van der Waals surface area (Å²) in [6, 6.07) is 9.81. The highest BCUT2D eigenvalue weighted by Crippen LogP contribution is 2.23. The van der Waals surface area contributed by atoms with E-state index in [0.717, 1.165) is 61.8 Å². The van der Waals surface area contributed by atoms with Gasteiger partial charge in [0.25, 0.3) is 5.91 Å². The third-order valence-corrected chi connectivity index (χ3v) is 6.72. The average Bonchev–Trinajstić information content (AvgIpc) is 3.40. The van der Waals surface area contributed by atoms with Gasteiger partial charge in [-0.05, 0) is 49.6 Å². The minimum Gasteiger partial charge on any atom is -0.480 e. The number of carboxylic acid groups (broad SMARTS) is 2. The van der Waals surface area contributed by atoms with Crippen molar-refractivity contribution in [3.63, 3.8) is 0 Å². The summed E-state index contributed by atoms with van der Waals surface area (Å²) in [5, 5.41) is 30.4. The molecule has 2 heterocycles. The van der Waals surface area contributed by atoms with Crippen LogP contribution in [0.2, 0.25) is 0 Å². The van der Waals surface area contributed by atoms with Gasteiger partial charge in [0, 0.05) is 42.7 Å². The topological polar surface area (TPSA) is 176 Å². The van der Waals surface area contributed by atoms with E-state index in [0.29, 0.717) is 12.1 Å². The largest absolute Gasteiger partial charge is 0.490 e. The number of halogens is 3. The van der Waals surface area contributed by atoms with Gasteiger partial charge in [-0.15, -0.1) is 0 Å². The summed E-state index contributed by atoms with van der Waals surface area (Å²) in [4.78, 5) is 49.9. The van der Waals surface area contributed by atoms with Gasteiger partial charge in [-0.3, -0.25) is 14.3 Å². The summed E-state index contributed by atoms with van der Waals surface area (Å²) in [7, 11) is 0. The number of aryl methyl sites for hydroxylation is 1. The number of carboxylic acids is 2. The molecular formula is C28H33F3N6O6. The van der Waals surface area contributed by atoms with Crippen LogP contribution < -0.4 is 16.0 Å². The van der Waals surface area contributed by atoms with Crippen LogP contribution in [0.4, 0.5) is 19.0 Å². The normalized spacial score (nSPS) is 14.2. The molecule has 15 heteroatoms. The number of hydrogen-bond donors (Lipinski definition) is 5. The molecule has 0 bridgehead atoms. The number of nitrogens with zero attached hydrogens (tertiary/aromatic N) is 3. The second-order valence-corrected chi connectivity index (χ2v) is 9.88. The van der Waals surface area contributed by atoms with Crippen molar-refractivity contribution in [3.8, 4) is 0 Å². The molecule has 0 radical (unpaired) electrons. The van der Waals surface area contributed by atoms with Crippen LogP contribution in [0.1, 0.15) is 48.9 Å². The van der Waals surface area contributed by atoms with E-state index in [4.69, 9.17) is 9.90 Å². The van der Waals surface area contributed by atoms with Gasteiger partial charge in [0.2, 0.25) is 5.91 Å². The van der Waals surface area contributed by atoms with Crippen molar-refractivity contribution in [2.75, 3.05) is 18.4 Å². The van der Waals surface area contributed by atoms with Crippen molar-refractivity contribution in [1.29, 1.82) is 0 Å². The fourth-order valence-corrected chi connectivity index (χ4v) is 4.47. The van der Waals surface area contributed by atoms with Crippen molar-refractivity contribution in [2.24, 2.45) is 5.92 Å². The molecule has 2 amide bonds. The maximum Gasteiger partial charge on any atom is 0.490 e. The number of fused-ring (bicyclic) bond motifs is 1. The standard InChI is InChI=1S/C26H32N6O4.C2HF3O2/c33-24(29-17-21(26(35)36)31-25(34)18-7-2-1-3-8-18)19-10-11-22-20(15-19)16-30-32(22)14-6-13-28-23-9-4-5-12-27-23;3-2(4,5)1(6)7/h4-5,9-12,15-16,18,21H,1-3,6-8,13-14,17H2,(H,27,28)(H,29,33)(H,31,34)(H,35,36);(H,6,7). The minimum atomic E-state index is -5.08. The predicted molar refractivity (Wildman–Crippen MR) is 149 cm³/mol. The van der Waals surface area contributed by atoms with Gasteiger partial charge in [0.1, 0.15) is 11.9 Å². The number of carbonyl (C=O) groups excluding carboxylic acids is 2. The molecular weight excluding hydrogens is 573 g/mol. The molecule has 3 aromatic rings. The third-order valence-electron chi connectivity index (χ3n) is 6.72. The molecule has 1 fully saturated rings. The summed E-state index contributed by atoms with van der Waals surface area (Å²) in [5.41, 5.74) is 1.31. The maximum absolute atomic E-state index is 12.7. The van der Waals surface area contributed by atoms with Gasteiger partial charge >= 0.3 is 18.1 Å². The molecule has 1 aromatic carbocycles. The first-order valence-electron chi connectivity index (χ1n) is 13.7. The van der Waals surface area contributed by atoms with Gasteiger partial charge in [-0.2, -0.15) is 18.3 Å². The van der Waals surface area contributed by atoms with E-state index in [1.54, 1.807) is 24.5 Å². The molecule has 5 N–H and O–H groups in total. The zero-order valence-corrected chi connectivity index (χ0v) is 23.1. The van der Waals surface area contributed by atoms with E-state index in [-0.39, 0.29) is 18.4 Å². The molecule has 0 aliphatic heterocycles. The van der Waals surface area contributed by atoms with Crippen molar-refractivity contribution in [2.45, 2.75) is 57.3 Å². The highest BCUT2D eigenvalue weighted by atomic mass is 19.4. The van der Waals surface area contributed by atoms with Gasteiger partial charge in [0.15, 0.2) is 0 Å². The Hall–Kier alpha value is -4.69. The lowest BCUT2D eigenvalue weighted by Crippen LogP contribution is -2.50. The van der Waals surface area contributed by atoms with Crippen LogP contribution in [0, 0.1) is 5.92 Å². The van der Waals surface area contributed by atoms with Gasteiger partial charge in [-0.25, -0.2) is 14.6 Å². The third kappa shape index (κ3) is 10.3. The van der Waals surface area contributed by atoms with Crippen LogP contribution in [-0.2, 0) is 20.9 Å². The quantitative estimate of drug-likeness (QED) is 0.205. The summed E-state index contributed by atoms with van der Waals surface area (Å²) in [6.45, 7) is 1.27. The molecule has 1 unspecified atom stereocenters. The van der Waals surface area contributed by atoms with Crippen molar-refractivity contribution in [1.82, 2.24) is 25.4 Å². The van der Waals surface area contributed by atoms with Gasteiger partial charge in [-0.1, -0.05) is 25.3 Å². The van der Waals surface area contributed by atoms with Gasteiger partial charge < -0.3 is 26.2 Å². The fraction of sp³-hybridized carbons (Fsp3) is 0.429. The number of pyridine rings is 1. The summed E-state index contributed by atoms with van der Waals surface area (Å²) >= 11 is 0. The average molecular weight is 607 g/mol. The number of nitrogens with one attached hydrogen (secondary N) is 3. The van der Waals surface area contributed by atoms with Crippen LogP contribution in [0.5, 0.6) is 0 Å². The number of aliphatic carboxylic acids is 2. The number of anilines is 1. The Balaban J connectivity index is 0.000000646. The molecule has 43 heavy (non-hydrogen) atoms. The first-order valence-corrected chi connectivity index (χ1v) is 13.7. The Kier molecular flexibility index (Phi) is 11.8. The summed E-state index contributed by atoms with van der Waals surface area (Å²) in [5.74, 6) is -3.90. The molecule has 2 aromatic heterocycles. The Bertz CT molecular complexity index is 1390. The van der Waals surface area contributed by atoms with E-state index < -0.39 is 30.1 Å². The molecule has 0 spiro atoms. The Morgan fingerprint density at radius 1 is 1.05 bits per heavy atom. The number of amides is 2. The Morgan fingerprint density at radius 3 is 2.40 bits per heavy atom. The summed E-state index contributed by atoms with van der Waals surface area (Å²) in [6.07, 6.45) is 3.84. The highest BCUT2D eigenvalue weighted by Gasteiger charge is 2.38.